The Morgan fingerprint density at radius 1 is 1.20 bits per heavy atom. The number of anilines is 1. The molecule has 0 radical (unpaired) electrons. The number of aromatic nitrogens is 2. The Morgan fingerprint density at radius 3 is 2.70 bits per heavy atom. The Labute approximate surface area is 120 Å². The van der Waals surface area contributed by atoms with Crippen LogP contribution in [0.3, 0.4) is 0 Å². The maximum absolute atomic E-state index is 4.79. The maximum atomic E-state index is 4.79. The molecule has 0 aliphatic heterocycles. The molecular weight excluding hydrogens is 246 g/mol. The van der Waals surface area contributed by atoms with Gasteiger partial charge >= 0.3 is 0 Å². The van der Waals surface area contributed by atoms with E-state index < -0.39 is 0 Å². The second-order valence-electron chi connectivity index (χ2n) is 5.33. The largest absolute Gasteiger partial charge is 0.370 e. The quantitative estimate of drug-likeness (QED) is 0.921. The molecule has 0 amide bonds. The van der Waals surface area contributed by atoms with Crippen molar-refractivity contribution in [3.63, 3.8) is 0 Å². The molecule has 0 bridgehead atoms. The van der Waals surface area contributed by atoms with Crippen molar-refractivity contribution in [3.05, 3.63) is 52.5 Å². The van der Waals surface area contributed by atoms with Gasteiger partial charge in [-0.2, -0.15) is 0 Å². The van der Waals surface area contributed by atoms with Crippen LogP contribution in [0.4, 0.5) is 5.82 Å². The highest BCUT2D eigenvalue weighted by Gasteiger charge is 2.30. The van der Waals surface area contributed by atoms with E-state index in [1.54, 1.807) is 0 Å². The molecule has 1 aliphatic carbocycles. The van der Waals surface area contributed by atoms with Crippen LogP contribution in [0.15, 0.2) is 24.3 Å². The second-order valence-corrected chi connectivity index (χ2v) is 5.33. The monoisotopic (exact) mass is 267 g/mol. The molecule has 0 saturated carbocycles. The molecule has 3 heteroatoms. The number of benzene rings is 1. The van der Waals surface area contributed by atoms with E-state index in [9.17, 15) is 0 Å². The highest BCUT2D eigenvalue weighted by Crippen LogP contribution is 2.39. The minimum absolute atomic E-state index is 0.369. The number of nitrogens with zero attached hydrogens (tertiary/aromatic N) is 2. The van der Waals surface area contributed by atoms with Gasteiger partial charge in [-0.1, -0.05) is 31.2 Å². The zero-order valence-electron chi connectivity index (χ0n) is 12.4. The van der Waals surface area contributed by atoms with E-state index in [2.05, 4.69) is 50.4 Å². The molecule has 104 valence electrons. The van der Waals surface area contributed by atoms with Crippen molar-refractivity contribution in [2.45, 2.75) is 39.5 Å². The van der Waals surface area contributed by atoms with E-state index in [0.717, 1.165) is 36.7 Å². The summed E-state index contributed by atoms with van der Waals surface area (Å²) >= 11 is 0. The van der Waals surface area contributed by atoms with Crippen molar-refractivity contribution in [2.75, 3.05) is 11.9 Å². The van der Waals surface area contributed by atoms with E-state index in [1.807, 2.05) is 0 Å². The molecule has 1 atom stereocenters. The summed E-state index contributed by atoms with van der Waals surface area (Å²) in [6.07, 6.45) is 2.03. The molecule has 0 spiro atoms. The summed E-state index contributed by atoms with van der Waals surface area (Å²) < 4.78 is 0. The molecule has 1 unspecified atom stereocenters. The van der Waals surface area contributed by atoms with E-state index in [0.29, 0.717) is 5.92 Å². The lowest BCUT2D eigenvalue weighted by Crippen LogP contribution is -2.22. The van der Waals surface area contributed by atoms with Gasteiger partial charge in [0.1, 0.15) is 11.6 Å². The van der Waals surface area contributed by atoms with Crippen LogP contribution in [0.25, 0.3) is 0 Å². The van der Waals surface area contributed by atoms with Gasteiger partial charge in [0.15, 0.2) is 0 Å². The van der Waals surface area contributed by atoms with Crippen LogP contribution in [0, 0.1) is 6.92 Å². The van der Waals surface area contributed by atoms with Gasteiger partial charge in [0.25, 0.3) is 0 Å². The first-order valence-corrected chi connectivity index (χ1v) is 7.43. The van der Waals surface area contributed by atoms with E-state index in [1.165, 1.54) is 16.7 Å². The molecule has 1 aromatic carbocycles. The summed E-state index contributed by atoms with van der Waals surface area (Å²) in [6, 6.07) is 8.60. The van der Waals surface area contributed by atoms with Crippen molar-refractivity contribution >= 4 is 5.82 Å². The average molecular weight is 267 g/mol. The van der Waals surface area contributed by atoms with Gasteiger partial charge in [0.2, 0.25) is 0 Å². The molecule has 1 aliphatic rings. The van der Waals surface area contributed by atoms with Gasteiger partial charge in [-0.15, -0.1) is 0 Å². The predicted octanol–water partition coefficient (Wildman–Crippen LogP) is 3.47. The first-order valence-electron chi connectivity index (χ1n) is 7.43. The third-order valence-corrected chi connectivity index (χ3v) is 4.10. The average Bonchev–Trinajstić information content (AvgIpc) is 2.40. The fourth-order valence-corrected chi connectivity index (χ4v) is 3.00. The van der Waals surface area contributed by atoms with Crippen molar-refractivity contribution < 1.29 is 0 Å². The van der Waals surface area contributed by atoms with Crippen LogP contribution in [0.1, 0.15) is 48.0 Å². The molecule has 3 nitrogen and oxygen atoms in total. The molecule has 1 aromatic heterocycles. The number of rotatable bonds is 4. The maximum Gasteiger partial charge on any atom is 0.138 e. The lowest BCUT2D eigenvalue weighted by Gasteiger charge is -2.29. The van der Waals surface area contributed by atoms with E-state index >= 15 is 0 Å². The van der Waals surface area contributed by atoms with Gasteiger partial charge in [-0.05, 0) is 37.8 Å². The molecule has 1 N–H and O–H groups in total. The van der Waals surface area contributed by atoms with Crippen LogP contribution in [-0.4, -0.2) is 16.5 Å². The molecular formula is C17H21N3. The Bertz CT molecular complexity index is 634. The molecule has 0 saturated heterocycles. The summed E-state index contributed by atoms with van der Waals surface area (Å²) in [4.78, 5) is 9.55. The van der Waals surface area contributed by atoms with E-state index in [-0.39, 0.29) is 0 Å². The Balaban J connectivity index is 2.00. The lowest BCUT2D eigenvalue weighted by molar-refractivity contribution is 0.654. The third-order valence-electron chi connectivity index (χ3n) is 4.10. The fourth-order valence-electron chi connectivity index (χ4n) is 3.00. The normalized spacial score (nSPS) is 16.4. The first kappa shape index (κ1) is 13.1. The van der Waals surface area contributed by atoms with Gasteiger partial charge < -0.3 is 5.32 Å². The highest BCUT2D eigenvalue weighted by molar-refractivity contribution is 5.50. The zero-order chi connectivity index (χ0) is 14.1. The molecule has 2 aromatic rings. The van der Waals surface area contributed by atoms with Crippen LogP contribution in [-0.2, 0) is 12.8 Å². The molecule has 1 heterocycles. The van der Waals surface area contributed by atoms with Crippen molar-refractivity contribution in [2.24, 2.45) is 0 Å². The smallest absolute Gasteiger partial charge is 0.138 e. The van der Waals surface area contributed by atoms with Gasteiger partial charge in [-0.25, -0.2) is 9.97 Å². The van der Waals surface area contributed by atoms with Crippen molar-refractivity contribution in [3.8, 4) is 0 Å². The number of nitrogens with one attached hydrogen (secondary N) is 1. The zero-order valence-corrected chi connectivity index (χ0v) is 12.4. The standard InChI is InChI=1S/C17H21N3/c1-4-13-11(3)19-17(20-16(13)18-5-2)15-10-12-8-6-7-9-14(12)15/h6-9,15H,4-5,10H2,1-3H3,(H,18,19,20). The number of fused-ring (bicyclic) bond motifs is 1. The SMILES string of the molecule is CCNc1nc(C2Cc3ccccc32)nc(C)c1CC. The number of hydrogen-bond acceptors (Lipinski definition) is 3. The Kier molecular flexibility index (Phi) is 3.43. The lowest BCUT2D eigenvalue weighted by atomic mass is 9.77. The van der Waals surface area contributed by atoms with Crippen molar-refractivity contribution in [1.29, 1.82) is 0 Å². The molecule has 3 rings (SSSR count). The van der Waals surface area contributed by atoms with Crippen LogP contribution >= 0.6 is 0 Å². The minimum Gasteiger partial charge on any atom is -0.370 e. The van der Waals surface area contributed by atoms with Gasteiger partial charge in [0.05, 0.1) is 0 Å². The summed E-state index contributed by atoms with van der Waals surface area (Å²) in [6.45, 7) is 7.25. The topological polar surface area (TPSA) is 37.8 Å². The second kappa shape index (κ2) is 5.23. The van der Waals surface area contributed by atoms with E-state index in [4.69, 9.17) is 9.97 Å². The summed E-state index contributed by atoms with van der Waals surface area (Å²) in [7, 11) is 0. The summed E-state index contributed by atoms with van der Waals surface area (Å²) in [5.41, 5.74) is 5.17. The molecule has 0 fully saturated rings. The first-order chi connectivity index (χ1) is 9.74. The van der Waals surface area contributed by atoms with Crippen LogP contribution < -0.4 is 5.32 Å². The van der Waals surface area contributed by atoms with Gasteiger partial charge in [-0.3, -0.25) is 0 Å². The number of aryl methyl sites for hydroxylation is 1. The molecule has 20 heavy (non-hydrogen) atoms. The predicted molar refractivity (Wildman–Crippen MR) is 82.3 cm³/mol. The van der Waals surface area contributed by atoms with Gasteiger partial charge in [0, 0.05) is 23.7 Å². The summed E-state index contributed by atoms with van der Waals surface area (Å²) in [5, 5.41) is 3.38. The number of hydrogen-bond donors (Lipinski definition) is 1. The minimum atomic E-state index is 0.369. The third kappa shape index (κ3) is 2.07. The Hall–Kier alpha value is -1.90. The highest BCUT2D eigenvalue weighted by atomic mass is 15.0. The Morgan fingerprint density at radius 2 is 2.00 bits per heavy atom. The van der Waals surface area contributed by atoms with Crippen LogP contribution in [0.5, 0.6) is 0 Å². The summed E-state index contributed by atoms with van der Waals surface area (Å²) in [5.74, 6) is 2.35. The van der Waals surface area contributed by atoms with Crippen molar-refractivity contribution in [1.82, 2.24) is 9.97 Å². The fraction of sp³-hybridized carbons (Fsp3) is 0.412. The van der Waals surface area contributed by atoms with Crippen LogP contribution in [0.2, 0.25) is 0 Å².